The fourth-order valence-electron chi connectivity index (χ4n) is 2.60. The summed E-state index contributed by atoms with van der Waals surface area (Å²) in [5.41, 5.74) is 0.264. The van der Waals surface area contributed by atoms with E-state index in [0.29, 0.717) is 0 Å². The summed E-state index contributed by atoms with van der Waals surface area (Å²) < 4.78 is 35.3. The van der Waals surface area contributed by atoms with E-state index in [-0.39, 0.29) is 24.5 Å². The Hall–Kier alpha value is -1.64. The van der Waals surface area contributed by atoms with E-state index in [1.54, 1.807) is 32.9 Å². The second-order valence-corrected chi connectivity index (χ2v) is 8.76. The van der Waals surface area contributed by atoms with Gasteiger partial charge in [-0.05, 0) is 46.2 Å². The molecule has 25 heavy (non-hydrogen) atoms. The highest BCUT2D eigenvalue weighted by molar-refractivity contribution is 7.86. The van der Waals surface area contributed by atoms with E-state index in [9.17, 15) is 18.3 Å². The topological polar surface area (TPSA) is 93.1 Å². The van der Waals surface area contributed by atoms with E-state index in [2.05, 4.69) is 0 Å². The van der Waals surface area contributed by atoms with Gasteiger partial charge in [0.25, 0.3) is 10.1 Å². The third-order valence-electron chi connectivity index (χ3n) is 3.79. The summed E-state index contributed by atoms with van der Waals surface area (Å²) in [6, 6.07) is 5.81. The molecular weight excluding hydrogens is 346 g/mol. The number of hydrogen-bond donors (Lipinski definition) is 1. The van der Waals surface area contributed by atoms with E-state index in [1.165, 1.54) is 17.0 Å². The first-order chi connectivity index (χ1) is 11.5. The SMILES string of the molecule is Cc1ccc(S(=O)(=O)O[C@@H]2C[C@H](CO)N(C(=O)OC(C)(C)C)C2)cc1. The zero-order chi connectivity index (χ0) is 18.8. The summed E-state index contributed by atoms with van der Waals surface area (Å²) in [7, 11) is -3.94. The number of aryl methyl sites for hydroxylation is 1. The number of amides is 1. The van der Waals surface area contributed by atoms with Crippen molar-refractivity contribution in [1.82, 2.24) is 4.90 Å². The predicted molar refractivity (Wildman–Crippen MR) is 91.7 cm³/mol. The van der Waals surface area contributed by atoms with Gasteiger partial charge >= 0.3 is 6.09 Å². The van der Waals surface area contributed by atoms with Gasteiger partial charge < -0.3 is 14.7 Å². The Kier molecular flexibility index (Phi) is 5.75. The van der Waals surface area contributed by atoms with Gasteiger partial charge in [0.15, 0.2) is 0 Å². The fourth-order valence-corrected chi connectivity index (χ4v) is 3.68. The van der Waals surface area contributed by atoms with Crippen LogP contribution in [0.4, 0.5) is 4.79 Å². The van der Waals surface area contributed by atoms with Crippen molar-refractivity contribution in [2.45, 2.75) is 56.8 Å². The predicted octanol–water partition coefficient (Wildman–Crippen LogP) is 2.07. The Morgan fingerprint density at radius 1 is 1.28 bits per heavy atom. The summed E-state index contributed by atoms with van der Waals surface area (Å²) in [5, 5.41) is 9.49. The number of aliphatic hydroxyl groups excluding tert-OH is 1. The third-order valence-corrected chi connectivity index (χ3v) is 5.16. The van der Waals surface area contributed by atoms with Crippen LogP contribution in [0.25, 0.3) is 0 Å². The summed E-state index contributed by atoms with van der Waals surface area (Å²) in [4.78, 5) is 13.6. The molecule has 1 N–H and O–H groups in total. The molecule has 0 bridgehead atoms. The highest BCUT2D eigenvalue weighted by atomic mass is 32.2. The van der Waals surface area contributed by atoms with Crippen LogP contribution in [0.15, 0.2) is 29.2 Å². The van der Waals surface area contributed by atoms with Crippen LogP contribution in [-0.4, -0.2) is 55.4 Å². The van der Waals surface area contributed by atoms with Crippen LogP contribution in [0.3, 0.4) is 0 Å². The molecular formula is C17H25NO6S. The number of benzene rings is 1. The van der Waals surface area contributed by atoms with E-state index >= 15 is 0 Å². The molecule has 0 spiro atoms. The van der Waals surface area contributed by atoms with Crippen LogP contribution in [0, 0.1) is 6.92 Å². The molecule has 1 fully saturated rings. The van der Waals surface area contributed by atoms with E-state index < -0.39 is 34.0 Å². The lowest BCUT2D eigenvalue weighted by Gasteiger charge is -2.27. The molecule has 0 saturated carbocycles. The quantitative estimate of drug-likeness (QED) is 0.815. The third kappa shape index (κ3) is 5.17. The van der Waals surface area contributed by atoms with Crippen molar-refractivity contribution >= 4 is 16.2 Å². The van der Waals surface area contributed by atoms with Crippen LogP contribution >= 0.6 is 0 Å². The Balaban J connectivity index is 2.09. The maximum absolute atomic E-state index is 12.4. The molecule has 140 valence electrons. The molecule has 2 rings (SSSR count). The highest BCUT2D eigenvalue weighted by Gasteiger charge is 2.39. The number of carbonyl (C=O) groups is 1. The number of hydrogen-bond acceptors (Lipinski definition) is 6. The number of carbonyl (C=O) groups excluding carboxylic acids is 1. The molecule has 1 aliphatic heterocycles. The lowest BCUT2D eigenvalue weighted by atomic mass is 10.2. The first-order valence-corrected chi connectivity index (χ1v) is 9.53. The van der Waals surface area contributed by atoms with E-state index in [4.69, 9.17) is 8.92 Å². The fraction of sp³-hybridized carbons (Fsp3) is 0.588. The maximum Gasteiger partial charge on any atom is 0.410 e. The molecule has 1 amide bonds. The van der Waals surface area contributed by atoms with Crippen molar-refractivity contribution in [3.8, 4) is 0 Å². The second kappa shape index (κ2) is 7.31. The van der Waals surface area contributed by atoms with Crippen molar-refractivity contribution in [3.05, 3.63) is 29.8 Å². The van der Waals surface area contributed by atoms with Crippen molar-refractivity contribution < 1.29 is 27.2 Å². The van der Waals surface area contributed by atoms with Gasteiger partial charge in [0.2, 0.25) is 0 Å². The Morgan fingerprint density at radius 3 is 2.40 bits per heavy atom. The molecule has 0 aromatic heterocycles. The Labute approximate surface area is 148 Å². The molecule has 1 heterocycles. The minimum atomic E-state index is -3.94. The van der Waals surface area contributed by atoms with Gasteiger partial charge in [0.1, 0.15) is 5.60 Å². The summed E-state index contributed by atoms with van der Waals surface area (Å²) >= 11 is 0. The summed E-state index contributed by atoms with van der Waals surface area (Å²) in [6.45, 7) is 6.84. The average Bonchev–Trinajstić information content (AvgIpc) is 2.88. The number of aliphatic hydroxyl groups is 1. The molecule has 1 aromatic rings. The Morgan fingerprint density at radius 2 is 1.88 bits per heavy atom. The van der Waals surface area contributed by atoms with Crippen molar-refractivity contribution in [2.75, 3.05) is 13.2 Å². The smallest absolute Gasteiger partial charge is 0.410 e. The average molecular weight is 371 g/mol. The first kappa shape index (κ1) is 19.7. The Bertz CT molecular complexity index is 708. The van der Waals surface area contributed by atoms with E-state index in [0.717, 1.165) is 5.56 Å². The normalized spacial score (nSPS) is 21.4. The lowest BCUT2D eigenvalue weighted by molar-refractivity contribution is 0.0166. The molecule has 0 radical (unpaired) electrons. The van der Waals surface area contributed by atoms with Gasteiger partial charge in [0.05, 0.1) is 30.2 Å². The van der Waals surface area contributed by atoms with Gasteiger partial charge in [-0.3, -0.25) is 4.18 Å². The van der Waals surface area contributed by atoms with Gasteiger partial charge in [0, 0.05) is 0 Å². The molecule has 1 aromatic carbocycles. The van der Waals surface area contributed by atoms with Crippen molar-refractivity contribution in [2.24, 2.45) is 0 Å². The number of ether oxygens (including phenoxy) is 1. The van der Waals surface area contributed by atoms with Crippen LogP contribution in [-0.2, 0) is 19.0 Å². The number of likely N-dealkylation sites (tertiary alicyclic amines) is 1. The van der Waals surface area contributed by atoms with Crippen molar-refractivity contribution in [1.29, 1.82) is 0 Å². The van der Waals surface area contributed by atoms with Crippen LogP contribution < -0.4 is 0 Å². The minimum Gasteiger partial charge on any atom is -0.444 e. The first-order valence-electron chi connectivity index (χ1n) is 8.12. The van der Waals surface area contributed by atoms with Gasteiger partial charge in [-0.15, -0.1) is 0 Å². The van der Waals surface area contributed by atoms with Crippen LogP contribution in [0.5, 0.6) is 0 Å². The van der Waals surface area contributed by atoms with Gasteiger partial charge in [-0.1, -0.05) is 17.7 Å². The molecule has 8 heteroatoms. The highest BCUT2D eigenvalue weighted by Crippen LogP contribution is 2.26. The molecule has 1 saturated heterocycles. The maximum atomic E-state index is 12.4. The zero-order valence-electron chi connectivity index (χ0n) is 14.9. The summed E-state index contributed by atoms with van der Waals surface area (Å²) in [6.07, 6.45) is -1.10. The van der Waals surface area contributed by atoms with Crippen LogP contribution in [0.1, 0.15) is 32.8 Å². The van der Waals surface area contributed by atoms with E-state index in [1.807, 2.05) is 6.92 Å². The molecule has 1 aliphatic rings. The van der Waals surface area contributed by atoms with Gasteiger partial charge in [-0.25, -0.2) is 4.79 Å². The monoisotopic (exact) mass is 371 g/mol. The second-order valence-electron chi connectivity index (χ2n) is 7.19. The van der Waals surface area contributed by atoms with Crippen molar-refractivity contribution in [3.63, 3.8) is 0 Å². The molecule has 0 unspecified atom stereocenters. The van der Waals surface area contributed by atoms with Gasteiger partial charge in [-0.2, -0.15) is 8.42 Å². The number of nitrogens with zero attached hydrogens (tertiary/aromatic N) is 1. The molecule has 2 atom stereocenters. The largest absolute Gasteiger partial charge is 0.444 e. The molecule has 7 nitrogen and oxygen atoms in total. The lowest BCUT2D eigenvalue weighted by Crippen LogP contribution is -2.41. The molecule has 0 aliphatic carbocycles. The minimum absolute atomic E-state index is 0.0469. The standard InChI is InChI=1S/C17H25NO6S/c1-12-5-7-15(8-6-12)25(21,22)24-14-9-13(11-19)18(10-14)16(20)23-17(2,3)4/h5-8,13-14,19H,9-11H2,1-4H3/t13-,14-/m1/s1. The number of rotatable bonds is 4. The zero-order valence-corrected chi connectivity index (χ0v) is 15.7. The van der Waals surface area contributed by atoms with Crippen LogP contribution in [0.2, 0.25) is 0 Å². The summed E-state index contributed by atoms with van der Waals surface area (Å²) in [5.74, 6) is 0.